The molecule has 150 valence electrons. The lowest BCUT2D eigenvalue weighted by molar-refractivity contribution is 0.102. The number of nitrogens with one attached hydrogen (secondary N) is 2. The maximum atomic E-state index is 12.6. The number of sulfonamides is 1. The molecule has 29 heavy (non-hydrogen) atoms. The first-order valence-electron chi connectivity index (χ1n) is 9.09. The summed E-state index contributed by atoms with van der Waals surface area (Å²) >= 11 is 0. The Morgan fingerprint density at radius 3 is 2.38 bits per heavy atom. The van der Waals surface area contributed by atoms with E-state index < -0.39 is 10.0 Å². The van der Waals surface area contributed by atoms with Crippen LogP contribution in [0.25, 0.3) is 0 Å². The van der Waals surface area contributed by atoms with Crippen molar-refractivity contribution in [2.75, 3.05) is 17.1 Å². The molecule has 0 unspecified atom stereocenters. The number of carbonyl (C=O) groups is 1. The average Bonchev–Trinajstić information content (AvgIpc) is 2.74. The number of hydrogen-bond donors (Lipinski definition) is 2. The first-order valence-corrected chi connectivity index (χ1v) is 10.6. The van der Waals surface area contributed by atoms with Crippen molar-refractivity contribution in [3.8, 4) is 5.75 Å². The molecule has 0 heterocycles. The molecule has 0 aromatic heterocycles. The van der Waals surface area contributed by atoms with Gasteiger partial charge in [-0.3, -0.25) is 9.52 Å². The van der Waals surface area contributed by atoms with Gasteiger partial charge < -0.3 is 10.1 Å². The number of anilines is 2. The summed E-state index contributed by atoms with van der Waals surface area (Å²) in [4.78, 5) is 12.7. The molecule has 0 radical (unpaired) electrons. The molecule has 0 atom stereocenters. The van der Waals surface area contributed by atoms with Gasteiger partial charge in [-0.25, -0.2) is 8.42 Å². The summed E-state index contributed by atoms with van der Waals surface area (Å²) in [6.07, 6.45) is 0.790. The van der Waals surface area contributed by atoms with Crippen LogP contribution in [0.2, 0.25) is 0 Å². The quantitative estimate of drug-likeness (QED) is 0.608. The van der Waals surface area contributed by atoms with Gasteiger partial charge in [-0.2, -0.15) is 0 Å². The van der Waals surface area contributed by atoms with E-state index in [2.05, 4.69) is 10.0 Å². The summed E-state index contributed by atoms with van der Waals surface area (Å²) < 4.78 is 32.8. The van der Waals surface area contributed by atoms with Crippen LogP contribution in [0.4, 0.5) is 11.4 Å². The van der Waals surface area contributed by atoms with Crippen molar-refractivity contribution in [3.63, 3.8) is 0 Å². The normalized spacial score (nSPS) is 11.0. The van der Waals surface area contributed by atoms with E-state index in [1.807, 2.05) is 31.2 Å². The zero-order chi connectivity index (χ0) is 20.9. The molecule has 3 aromatic carbocycles. The Balaban J connectivity index is 1.79. The molecule has 0 bridgehead atoms. The van der Waals surface area contributed by atoms with Gasteiger partial charge >= 0.3 is 0 Å². The summed E-state index contributed by atoms with van der Waals surface area (Å²) in [5.41, 5.74) is 2.42. The van der Waals surface area contributed by atoms with Crippen LogP contribution in [0, 0.1) is 0 Å². The Bertz CT molecular complexity index is 1110. The van der Waals surface area contributed by atoms with E-state index in [9.17, 15) is 13.2 Å². The highest BCUT2D eigenvalue weighted by atomic mass is 32.2. The van der Waals surface area contributed by atoms with Gasteiger partial charge in [-0.1, -0.05) is 31.2 Å². The second-order valence-corrected chi connectivity index (χ2v) is 8.01. The van der Waals surface area contributed by atoms with E-state index >= 15 is 0 Å². The number of carbonyl (C=O) groups excluding carboxylic acids is 1. The van der Waals surface area contributed by atoms with E-state index in [1.165, 1.54) is 25.3 Å². The van der Waals surface area contributed by atoms with E-state index in [1.54, 1.807) is 30.3 Å². The van der Waals surface area contributed by atoms with Crippen molar-refractivity contribution < 1.29 is 17.9 Å². The molecule has 0 saturated carbocycles. The summed E-state index contributed by atoms with van der Waals surface area (Å²) in [6.45, 7) is 2.01. The number of amides is 1. The Morgan fingerprint density at radius 2 is 1.69 bits per heavy atom. The lowest BCUT2D eigenvalue weighted by Gasteiger charge is -2.12. The molecule has 0 saturated heterocycles. The van der Waals surface area contributed by atoms with Gasteiger partial charge in [0.05, 0.1) is 12.0 Å². The van der Waals surface area contributed by atoms with Gasteiger partial charge in [0.25, 0.3) is 15.9 Å². The molecule has 0 aliphatic rings. The van der Waals surface area contributed by atoms with Gasteiger partial charge in [-0.15, -0.1) is 0 Å². The van der Waals surface area contributed by atoms with Crippen LogP contribution in [0.1, 0.15) is 22.8 Å². The highest BCUT2D eigenvalue weighted by Crippen LogP contribution is 2.21. The standard InChI is InChI=1S/C22H22N2O4S/c1-3-16-7-4-5-10-21(16)23-22(25)17-8-6-9-18(15-17)24-29(26,27)20-13-11-19(28-2)12-14-20/h4-15,24H,3H2,1-2H3,(H,23,25). The fraction of sp³-hybridized carbons (Fsp3) is 0.136. The monoisotopic (exact) mass is 410 g/mol. The zero-order valence-corrected chi connectivity index (χ0v) is 17.0. The third kappa shape index (κ3) is 4.94. The second-order valence-electron chi connectivity index (χ2n) is 6.33. The predicted molar refractivity (Wildman–Crippen MR) is 114 cm³/mol. The average molecular weight is 410 g/mol. The molecule has 2 N–H and O–H groups in total. The fourth-order valence-electron chi connectivity index (χ4n) is 2.84. The maximum Gasteiger partial charge on any atom is 0.261 e. The van der Waals surface area contributed by atoms with Crippen LogP contribution >= 0.6 is 0 Å². The molecule has 3 rings (SSSR count). The fourth-order valence-corrected chi connectivity index (χ4v) is 3.89. The lowest BCUT2D eigenvalue weighted by Crippen LogP contribution is -2.15. The number of hydrogen-bond acceptors (Lipinski definition) is 4. The van der Waals surface area contributed by atoms with Crippen molar-refractivity contribution >= 4 is 27.3 Å². The first kappa shape index (κ1) is 20.4. The Kier molecular flexibility index (Phi) is 6.19. The molecule has 0 fully saturated rings. The molecule has 0 aliphatic carbocycles. The third-order valence-electron chi connectivity index (χ3n) is 4.39. The van der Waals surface area contributed by atoms with Crippen LogP contribution < -0.4 is 14.8 Å². The molecule has 1 amide bonds. The van der Waals surface area contributed by atoms with Crippen molar-refractivity contribution in [1.29, 1.82) is 0 Å². The first-order chi connectivity index (χ1) is 13.9. The highest BCUT2D eigenvalue weighted by Gasteiger charge is 2.16. The summed E-state index contributed by atoms with van der Waals surface area (Å²) in [5.74, 6) is 0.256. The minimum absolute atomic E-state index is 0.102. The number of aryl methyl sites for hydroxylation is 1. The minimum atomic E-state index is -3.79. The van der Waals surface area contributed by atoms with E-state index in [4.69, 9.17) is 4.74 Å². The maximum absolute atomic E-state index is 12.6. The highest BCUT2D eigenvalue weighted by molar-refractivity contribution is 7.92. The Labute approximate surface area is 170 Å². The minimum Gasteiger partial charge on any atom is -0.497 e. The van der Waals surface area contributed by atoms with Gasteiger partial charge in [0, 0.05) is 16.9 Å². The van der Waals surface area contributed by atoms with Crippen molar-refractivity contribution in [1.82, 2.24) is 0 Å². The van der Waals surface area contributed by atoms with Crippen molar-refractivity contribution in [2.45, 2.75) is 18.2 Å². The molecule has 3 aromatic rings. The number of methoxy groups -OCH3 is 1. The molecular formula is C22H22N2O4S. The molecule has 0 spiro atoms. The molecular weight excluding hydrogens is 388 g/mol. The zero-order valence-electron chi connectivity index (χ0n) is 16.2. The van der Waals surface area contributed by atoms with Crippen LogP contribution in [0.5, 0.6) is 5.75 Å². The third-order valence-corrected chi connectivity index (χ3v) is 5.79. The molecule has 7 heteroatoms. The number of rotatable bonds is 7. The largest absolute Gasteiger partial charge is 0.497 e. The number of benzene rings is 3. The number of para-hydroxylation sites is 1. The van der Waals surface area contributed by atoms with Gasteiger partial charge in [0.1, 0.15) is 5.75 Å². The molecule has 6 nitrogen and oxygen atoms in total. The van der Waals surface area contributed by atoms with E-state index in [0.717, 1.165) is 17.7 Å². The predicted octanol–water partition coefficient (Wildman–Crippen LogP) is 4.31. The van der Waals surface area contributed by atoms with E-state index in [-0.39, 0.29) is 10.8 Å². The summed E-state index contributed by atoms with van der Waals surface area (Å²) in [5, 5.41) is 2.88. The Hall–Kier alpha value is -3.32. The van der Waals surface area contributed by atoms with Gasteiger partial charge in [0.15, 0.2) is 0 Å². The van der Waals surface area contributed by atoms with Gasteiger partial charge in [0.2, 0.25) is 0 Å². The van der Waals surface area contributed by atoms with Crippen molar-refractivity contribution in [3.05, 3.63) is 83.9 Å². The lowest BCUT2D eigenvalue weighted by atomic mass is 10.1. The van der Waals surface area contributed by atoms with Crippen LogP contribution in [0.15, 0.2) is 77.7 Å². The summed E-state index contributed by atoms with van der Waals surface area (Å²) in [6, 6.07) is 20.0. The van der Waals surface area contributed by atoms with Crippen LogP contribution in [-0.2, 0) is 16.4 Å². The van der Waals surface area contributed by atoms with Crippen molar-refractivity contribution in [2.24, 2.45) is 0 Å². The van der Waals surface area contributed by atoms with E-state index in [0.29, 0.717) is 17.0 Å². The Morgan fingerprint density at radius 1 is 0.966 bits per heavy atom. The van der Waals surface area contributed by atoms with Crippen LogP contribution in [-0.4, -0.2) is 21.4 Å². The van der Waals surface area contributed by atoms with Crippen LogP contribution in [0.3, 0.4) is 0 Å². The molecule has 0 aliphatic heterocycles. The topological polar surface area (TPSA) is 84.5 Å². The smallest absolute Gasteiger partial charge is 0.261 e. The summed E-state index contributed by atoms with van der Waals surface area (Å²) in [7, 11) is -2.28. The number of ether oxygens (including phenoxy) is 1. The second kappa shape index (κ2) is 8.79. The SMILES string of the molecule is CCc1ccccc1NC(=O)c1cccc(NS(=O)(=O)c2ccc(OC)cc2)c1. The van der Waals surface area contributed by atoms with Gasteiger partial charge in [-0.05, 0) is 60.5 Å².